The van der Waals surface area contributed by atoms with Crippen LogP contribution in [0.15, 0.2) is 24.3 Å². The van der Waals surface area contributed by atoms with Gasteiger partial charge < -0.3 is 15.0 Å². The molecule has 4 nitrogen and oxygen atoms in total. The van der Waals surface area contributed by atoms with Crippen LogP contribution >= 0.6 is 0 Å². The number of carbonyl (C=O) groups is 1. The number of morpholine rings is 1. The van der Waals surface area contributed by atoms with Crippen molar-refractivity contribution in [2.24, 2.45) is 5.92 Å². The summed E-state index contributed by atoms with van der Waals surface area (Å²) in [5.74, 6) is 0.724. The Hall–Kier alpha value is -1.46. The van der Waals surface area contributed by atoms with Crippen LogP contribution in [0, 0.1) is 11.7 Å². The van der Waals surface area contributed by atoms with E-state index in [9.17, 15) is 9.18 Å². The zero-order valence-corrected chi connectivity index (χ0v) is 14.5. The minimum atomic E-state index is -0.191. The van der Waals surface area contributed by atoms with Gasteiger partial charge in [-0.1, -0.05) is 26.0 Å². The summed E-state index contributed by atoms with van der Waals surface area (Å²) in [6.07, 6.45) is 2.01. The third-order valence-corrected chi connectivity index (χ3v) is 5.15. The molecule has 1 amide bonds. The van der Waals surface area contributed by atoms with Crippen molar-refractivity contribution < 1.29 is 13.9 Å². The minimum absolute atomic E-state index is 0.137. The van der Waals surface area contributed by atoms with Gasteiger partial charge in [-0.05, 0) is 42.4 Å². The minimum Gasteiger partial charge on any atom is -0.378 e. The smallest absolute Gasteiger partial charge is 0.240 e. The average molecular weight is 334 g/mol. The van der Waals surface area contributed by atoms with Crippen LogP contribution in [0.4, 0.5) is 4.39 Å². The summed E-state index contributed by atoms with van der Waals surface area (Å²) < 4.78 is 18.3. The fraction of sp³-hybridized carbons (Fsp3) is 0.632. The molecule has 0 radical (unpaired) electrons. The van der Waals surface area contributed by atoms with Crippen molar-refractivity contribution in [1.82, 2.24) is 10.2 Å². The van der Waals surface area contributed by atoms with Crippen LogP contribution in [0.25, 0.3) is 0 Å². The van der Waals surface area contributed by atoms with E-state index in [1.165, 1.54) is 17.7 Å². The maximum Gasteiger partial charge on any atom is 0.240 e. The third-order valence-electron chi connectivity index (χ3n) is 5.15. The first-order valence-corrected chi connectivity index (χ1v) is 8.92. The van der Waals surface area contributed by atoms with E-state index in [-0.39, 0.29) is 23.7 Å². The summed E-state index contributed by atoms with van der Waals surface area (Å²) in [6, 6.07) is 7.01. The molecule has 0 spiro atoms. The van der Waals surface area contributed by atoms with Gasteiger partial charge in [-0.2, -0.15) is 0 Å². The highest BCUT2D eigenvalue weighted by molar-refractivity contribution is 5.82. The fourth-order valence-corrected chi connectivity index (χ4v) is 3.54. The topological polar surface area (TPSA) is 41.6 Å². The number of halogens is 1. The Bertz CT molecular complexity index is 549. The Kier molecular flexibility index (Phi) is 5.51. The molecule has 1 aliphatic heterocycles. The molecule has 0 aromatic heterocycles. The number of ether oxygens (including phenoxy) is 1. The van der Waals surface area contributed by atoms with E-state index in [1.807, 2.05) is 17.0 Å². The number of hydrogen-bond acceptors (Lipinski definition) is 3. The van der Waals surface area contributed by atoms with E-state index in [1.54, 1.807) is 0 Å². The first kappa shape index (κ1) is 17.4. The van der Waals surface area contributed by atoms with Gasteiger partial charge in [0, 0.05) is 19.1 Å². The molecule has 24 heavy (non-hydrogen) atoms. The second kappa shape index (κ2) is 7.62. The number of rotatable bonds is 5. The van der Waals surface area contributed by atoms with Gasteiger partial charge in [-0.15, -0.1) is 0 Å². The van der Waals surface area contributed by atoms with Crippen molar-refractivity contribution in [2.45, 2.75) is 44.7 Å². The molecular weight excluding hydrogens is 307 g/mol. The van der Waals surface area contributed by atoms with E-state index in [0.29, 0.717) is 38.3 Å². The Morgan fingerprint density at radius 2 is 1.83 bits per heavy atom. The molecule has 132 valence electrons. The van der Waals surface area contributed by atoms with Crippen molar-refractivity contribution in [2.75, 3.05) is 26.3 Å². The highest BCUT2D eigenvalue weighted by atomic mass is 19.1. The van der Waals surface area contributed by atoms with Gasteiger partial charge in [0.2, 0.25) is 5.91 Å². The summed E-state index contributed by atoms with van der Waals surface area (Å²) >= 11 is 0. The molecule has 0 bridgehead atoms. The molecule has 1 aromatic carbocycles. The summed E-state index contributed by atoms with van der Waals surface area (Å²) in [5.41, 5.74) is 1.19. The second-order valence-electron chi connectivity index (χ2n) is 7.24. The highest BCUT2D eigenvalue weighted by Gasteiger charge is 2.36. The van der Waals surface area contributed by atoms with Gasteiger partial charge >= 0.3 is 0 Å². The Labute approximate surface area is 143 Å². The van der Waals surface area contributed by atoms with Gasteiger partial charge in [-0.25, -0.2) is 4.39 Å². The molecule has 1 aromatic rings. The molecule has 1 aliphatic carbocycles. The second-order valence-corrected chi connectivity index (χ2v) is 7.24. The van der Waals surface area contributed by atoms with Crippen molar-refractivity contribution in [1.29, 1.82) is 0 Å². The molecule has 1 N–H and O–H groups in total. The Morgan fingerprint density at radius 1 is 1.21 bits per heavy atom. The van der Waals surface area contributed by atoms with Crippen LogP contribution in [0.1, 0.15) is 38.2 Å². The van der Waals surface area contributed by atoms with Gasteiger partial charge in [0.15, 0.2) is 0 Å². The molecule has 3 rings (SSSR count). The van der Waals surface area contributed by atoms with Crippen LogP contribution in [0.3, 0.4) is 0 Å². The number of hydrogen-bond donors (Lipinski definition) is 1. The highest BCUT2D eigenvalue weighted by Crippen LogP contribution is 2.37. The van der Waals surface area contributed by atoms with E-state index < -0.39 is 0 Å². The molecule has 1 saturated carbocycles. The van der Waals surface area contributed by atoms with Gasteiger partial charge in [0.25, 0.3) is 0 Å². The quantitative estimate of drug-likeness (QED) is 0.900. The van der Waals surface area contributed by atoms with Crippen LogP contribution in [0.5, 0.6) is 0 Å². The van der Waals surface area contributed by atoms with Crippen molar-refractivity contribution in [3.05, 3.63) is 35.6 Å². The molecule has 1 saturated heterocycles. The lowest BCUT2D eigenvalue weighted by Gasteiger charge is -2.41. The monoisotopic (exact) mass is 334 g/mol. The van der Waals surface area contributed by atoms with Crippen LogP contribution in [-0.4, -0.2) is 49.2 Å². The van der Waals surface area contributed by atoms with Crippen molar-refractivity contribution in [3.63, 3.8) is 0 Å². The van der Waals surface area contributed by atoms with Gasteiger partial charge in [0.1, 0.15) is 5.82 Å². The van der Waals surface area contributed by atoms with Crippen molar-refractivity contribution >= 4 is 5.91 Å². The maximum atomic E-state index is 13.0. The first-order chi connectivity index (χ1) is 11.5. The molecule has 2 fully saturated rings. The number of carbonyl (C=O) groups excluding carboxylic acids is 1. The lowest BCUT2D eigenvalue weighted by molar-refractivity contribution is -0.139. The number of nitrogens with one attached hydrogen (secondary N) is 1. The fourth-order valence-electron chi connectivity index (χ4n) is 3.54. The SMILES string of the molecule is CC(C)C(NC1CC(c2ccc(F)cc2)C1)C(=O)N1CCOCC1. The molecule has 1 atom stereocenters. The summed E-state index contributed by atoms with van der Waals surface area (Å²) in [4.78, 5) is 14.7. The Morgan fingerprint density at radius 3 is 2.42 bits per heavy atom. The van der Waals surface area contributed by atoms with E-state index in [0.717, 1.165) is 12.8 Å². The van der Waals surface area contributed by atoms with Gasteiger partial charge in [0.05, 0.1) is 19.3 Å². The van der Waals surface area contributed by atoms with Crippen LogP contribution in [0.2, 0.25) is 0 Å². The normalized spacial score (nSPS) is 25.4. The standard InChI is InChI=1S/C19H27FN2O2/c1-13(2)18(19(23)22-7-9-24-10-8-22)21-17-11-15(12-17)14-3-5-16(20)6-4-14/h3-6,13,15,17-18,21H,7-12H2,1-2H3. The predicted octanol–water partition coefficient (Wildman–Crippen LogP) is 2.54. The van der Waals surface area contributed by atoms with Crippen molar-refractivity contribution in [3.8, 4) is 0 Å². The summed E-state index contributed by atoms with van der Waals surface area (Å²) in [6.45, 7) is 6.82. The predicted molar refractivity (Wildman–Crippen MR) is 91.3 cm³/mol. The maximum absolute atomic E-state index is 13.0. The lowest BCUT2D eigenvalue weighted by atomic mass is 9.75. The Balaban J connectivity index is 1.53. The molecule has 5 heteroatoms. The first-order valence-electron chi connectivity index (χ1n) is 8.92. The zero-order valence-electron chi connectivity index (χ0n) is 14.5. The van der Waals surface area contributed by atoms with Crippen LogP contribution < -0.4 is 5.32 Å². The van der Waals surface area contributed by atoms with E-state index in [4.69, 9.17) is 4.74 Å². The number of nitrogens with zero attached hydrogens (tertiary/aromatic N) is 1. The van der Waals surface area contributed by atoms with E-state index in [2.05, 4.69) is 19.2 Å². The molecule has 1 heterocycles. The van der Waals surface area contributed by atoms with Crippen LogP contribution in [-0.2, 0) is 9.53 Å². The lowest BCUT2D eigenvalue weighted by Crippen LogP contribution is -2.56. The number of amides is 1. The zero-order chi connectivity index (χ0) is 17.1. The largest absolute Gasteiger partial charge is 0.378 e. The summed E-state index contributed by atoms with van der Waals surface area (Å²) in [5, 5.41) is 3.55. The van der Waals surface area contributed by atoms with E-state index >= 15 is 0 Å². The molecule has 2 aliphatic rings. The number of benzene rings is 1. The molecule has 1 unspecified atom stereocenters. The summed E-state index contributed by atoms with van der Waals surface area (Å²) in [7, 11) is 0. The van der Waals surface area contributed by atoms with Gasteiger partial charge in [-0.3, -0.25) is 4.79 Å². The third kappa shape index (κ3) is 3.95. The molecular formula is C19H27FN2O2. The average Bonchev–Trinajstić information content (AvgIpc) is 2.55.